The zero-order valence-electron chi connectivity index (χ0n) is 11.3. The Morgan fingerprint density at radius 2 is 2.37 bits per heavy atom. The summed E-state index contributed by atoms with van der Waals surface area (Å²) < 4.78 is 7.22. The van der Waals surface area contributed by atoms with Gasteiger partial charge in [-0.3, -0.25) is 4.68 Å². The molecule has 0 aliphatic heterocycles. The van der Waals surface area contributed by atoms with Crippen molar-refractivity contribution in [1.82, 2.24) is 25.2 Å². The lowest BCUT2D eigenvalue weighted by Gasteiger charge is -2.09. The lowest BCUT2D eigenvalue weighted by Crippen LogP contribution is -2.23. The summed E-state index contributed by atoms with van der Waals surface area (Å²) in [6.07, 6.45) is 6.28. The highest BCUT2D eigenvalue weighted by Crippen LogP contribution is 2.38. The zero-order chi connectivity index (χ0) is 13.2. The van der Waals surface area contributed by atoms with Crippen LogP contribution in [0.3, 0.4) is 0 Å². The monoisotopic (exact) mass is 261 g/mol. The first-order chi connectivity index (χ1) is 9.22. The number of hydrogen-bond donors (Lipinski definition) is 1. The maximum absolute atomic E-state index is 5.29. The highest BCUT2D eigenvalue weighted by molar-refractivity contribution is 5.04. The summed E-state index contributed by atoms with van der Waals surface area (Å²) in [7, 11) is 0. The molecule has 3 rings (SSSR count). The number of nitrogens with zero attached hydrogens (tertiary/aromatic N) is 4. The van der Waals surface area contributed by atoms with Gasteiger partial charge < -0.3 is 9.84 Å². The molecule has 0 spiro atoms. The molecule has 102 valence electrons. The van der Waals surface area contributed by atoms with Gasteiger partial charge >= 0.3 is 0 Å². The van der Waals surface area contributed by atoms with Gasteiger partial charge in [0.1, 0.15) is 0 Å². The first-order valence-corrected chi connectivity index (χ1v) is 6.78. The molecule has 19 heavy (non-hydrogen) atoms. The highest BCUT2D eigenvalue weighted by atomic mass is 16.5. The van der Waals surface area contributed by atoms with E-state index in [2.05, 4.69) is 20.6 Å². The van der Waals surface area contributed by atoms with Crippen LogP contribution in [0.1, 0.15) is 49.0 Å². The minimum absolute atomic E-state index is 0.0802. The quantitative estimate of drug-likeness (QED) is 0.858. The van der Waals surface area contributed by atoms with Crippen molar-refractivity contribution in [3.05, 3.63) is 29.7 Å². The summed E-state index contributed by atoms with van der Waals surface area (Å²) in [5.74, 6) is 2.08. The Labute approximate surface area is 112 Å². The molecular formula is C13H19N5O. The van der Waals surface area contributed by atoms with Gasteiger partial charge in [-0.2, -0.15) is 10.1 Å². The standard InChI is InChI=1S/C13H19N5O/c1-9-7-15-18(8-9)6-5-14-10(2)13-16-12(17-19-13)11-3-4-11/h7-8,10-11,14H,3-6H2,1-2H3/t10-/m0/s1. The Balaban J connectivity index is 1.48. The van der Waals surface area contributed by atoms with Gasteiger partial charge in [0.05, 0.1) is 18.8 Å². The maximum atomic E-state index is 5.29. The molecule has 2 heterocycles. The predicted octanol–water partition coefficient (Wildman–Crippen LogP) is 1.80. The van der Waals surface area contributed by atoms with E-state index in [1.807, 2.05) is 30.9 Å². The van der Waals surface area contributed by atoms with Gasteiger partial charge in [0.2, 0.25) is 5.89 Å². The lowest BCUT2D eigenvalue weighted by molar-refractivity contribution is 0.333. The van der Waals surface area contributed by atoms with Crippen LogP contribution in [0.5, 0.6) is 0 Å². The van der Waals surface area contributed by atoms with Crippen LogP contribution in [-0.2, 0) is 6.54 Å². The van der Waals surface area contributed by atoms with Crippen LogP contribution in [0.15, 0.2) is 16.9 Å². The molecule has 1 saturated carbocycles. The predicted molar refractivity (Wildman–Crippen MR) is 69.7 cm³/mol. The van der Waals surface area contributed by atoms with Crippen LogP contribution in [0, 0.1) is 6.92 Å². The average molecular weight is 261 g/mol. The fraction of sp³-hybridized carbons (Fsp3) is 0.615. The molecule has 6 nitrogen and oxygen atoms in total. The second kappa shape index (κ2) is 5.13. The fourth-order valence-electron chi connectivity index (χ4n) is 2.00. The average Bonchev–Trinajstić information content (AvgIpc) is 2.97. The Morgan fingerprint density at radius 1 is 1.53 bits per heavy atom. The Hall–Kier alpha value is -1.69. The Bertz CT molecular complexity index is 543. The van der Waals surface area contributed by atoms with Crippen LogP contribution >= 0.6 is 0 Å². The topological polar surface area (TPSA) is 68.8 Å². The van der Waals surface area contributed by atoms with E-state index in [0.29, 0.717) is 11.8 Å². The molecule has 6 heteroatoms. The molecule has 0 amide bonds. The van der Waals surface area contributed by atoms with Gasteiger partial charge in [0.25, 0.3) is 0 Å². The summed E-state index contributed by atoms with van der Waals surface area (Å²) in [4.78, 5) is 4.44. The molecule has 1 atom stereocenters. The van der Waals surface area contributed by atoms with Crippen molar-refractivity contribution in [2.24, 2.45) is 0 Å². The van der Waals surface area contributed by atoms with Crippen LogP contribution in [0.2, 0.25) is 0 Å². The molecule has 2 aromatic rings. The Morgan fingerprint density at radius 3 is 3.05 bits per heavy atom. The van der Waals surface area contributed by atoms with Crippen molar-refractivity contribution < 1.29 is 4.52 Å². The molecule has 1 aliphatic carbocycles. The first-order valence-electron chi connectivity index (χ1n) is 6.78. The van der Waals surface area contributed by atoms with Crippen molar-refractivity contribution in [2.45, 2.75) is 45.2 Å². The number of rotatable bonds is 6. The van der Waals surface area contributed by atoms with Crippen molar-refractivity contribution in [1.29, 1.82) is 0 Å². The van der Waals surface area contributed by atoms with E-state index in [4.69, 9.17) is 4.52 Å². The third-order valence-corrected chi connectivity index (χ3v) is 3.32. The van der Waals surface area contributed by atoms with E-state index >= 15 is 0 Å². The summed E-state index contributed by atoms with van der Waals surface area (Å²) in [6.45, 7) is 5.74. The van der Waals surface area contributed by atoms with Crippen LogP contribution in [0.4, 0.5) is 0 Å². The molecule has 0 unspecified atom stereocenters. The van der Waals surface area contributed by atoms with Crippen LogP contribution in [-0.4, -0.2) is 26.5 Å². The van der Waals surface area contributed by atoms with E-state index < -0.39 is 0 Å². The van der Waals surface area contributed by atoms with Gasteiger partial charge in [-0.15, -0.1) is 0 Å². The number of aryl methyl sites for hydroxylation is 1. The smallest absolute Gasteiger partial charge is 0.243 e. The van der Waals surface area contributed by atoms with Crippen molar-refractivity contribution in [2.75, 3.05) is 6.54 Å². The van der Waals surface area contributed by atoms with E-state index in [9.17, 15) is 0 Å². The van der Waals surface area contributed by atoms with E-state index in [1.165, 1.54) is 18.4 Å². The van der Waals surface area contributed by atoms with Gasteiger partial charge in [-0.05, 0) is 32.3 Å². The van der Waals surface area contributed by atoms with Gasteiger partial charge in [0, 0.05) is 18.7 Å². The molecule has 1 fully saturated rings. The first kappa shape index (κ1) is 12.3. The minimum atomic E-state index is 0.0802. The van der Waals surface area contributed by atoms with Crippen molar-refractivity contribution >= 4 is 0 Å². The van der Waals surface area contributed by atoms with Crippen molar-refractivity contribution in [3.63, 3.8) is 0 Å². The molecule has 1 N–H and O–H groups in total. The van der Waals surface area contributed by atoms with Gasteiger partial charge in [-0.25, -0.2) is 0 Å². The third kappa shape index (κ3) is 3.01. The minimum Gasteiger partial charge on any atom is -0.338 e. The molecule has 1 aliphatic rings. The molecule has 0 bridgehead atoms. The third-order valence-electron chi connectivity index (χ3n) is 3.32. The summed E-state index contributed by atoms with van der Waals surface area (Å²) in [5.41, 5.74) is 1.18. The fourth-order valence-corrected chi connectivity index (χ4v) is 2.00. The van der Waals surface area contributed by atoms with E-state index in [-0.39, 0.29) is 6.04 Å². The van der Waals surface area contributed by atoms with E-state index in [0.717, 1.165) is 18.9 Å². The number of hydrogen-bond acceptors (Lipinski definition) is 5. The van der Waals surface area contributed by atoms with Gasteiger partial charge in [0.15, 0.2) is 5.82 Å². The molecule has 0 aromatic carbocycles. The summed E-state index contributed by atoms with van der Waals surface area (Å²) in [6, 6.07) is 0.0802. The van der Waals surface area contributed by atoms with Crippen LogP contribution in [0.25, 0.3) is 0 Å². The summed E-state index contributed by atoms with van der Waals surface area (Å²) >= 11 is 0. The van der Waals surface area contributed by atoms with Crippen molar-refractivity contribution in [3.8, 4) is 0 Å². The molecule has 2 aromatic heterocycles. The van der Waals surface area contributed by atoms with Gasteiger partial charge in [-0.1, -0.05) is 5.16 Å². The molecular weight excluding hydrogens is 242 g/mol. The Kier molecular flexibility index (Phi) is 3.33. The largest absolute Gasteiger partial charge is 0.338 e. The SMILES string of the molecule is Cc1cnn(CCN[C@@H](C)c2nc(C3CC3)no2)c1. The number of aromatic nitrogens is 4. The molecule has 0 radical (unpaired) electrons. The maximum Gasteiger partial charge on any atom is 0.243 e. The number of nitrogens with one attached hydrogen (secondary N) is 1. The summed E-state index contributed by atoms with van der Waals surface area (Å²) in [5, 5.41) is 11.6. The lowest BCUT2D eigenvalue weighted by atomic mass is 10.3. The second-order valence-corrected chi connectivity index (χ2v) is 5.22. The van der Waals surface area contributed by atoms with Crippen LogP contribution < -0.4 is 5.32 Å². The normalized spacial score (nSPS) is 16.7. The zero-order valence-corrected chi connectivity index (χ0v) is 11.3. The van der Waals surface area contributed by atoms with E-state index in [1.54, 1.807) is 0 Å². The second-order valence-electron chi connectivity index (χ2n) is 5.22. The highest BCUT2D eigenvalue weighted by Gasteiger charge is 2.29. The molecule has 0 saturated heterocycles.